The van der Waals surface area contributed by atoms with E-state index in [1.165, 1.54) is 24.1 Å². The molecule has 2 nitrogen and oxygen atoms in total. The van der Waals surface area contributed by atoms with Gasteiger partial charge in [0.15, 0.2) is 0 Å². The third-order valence-electron chi connectivity index (χ3n) is 3.01. The third-order valence-corrected chi connectivity index (χ3v) is 3.01. The molecule has 1 aromatic heterocycles. The Hall–Kier alpha value is -0.890. The molecular formula is C12H18N2. The first kappa shape index (κ1) is 9.66. The van der Waals surface area contributed by atoms with Crippen molar-refractivity contribution in [1.82, 2.24) is 10.3 Å². The van der Waals surface area contributed by atoms with Gasteiger partial charge in [-0.1, -0.05) is 6.92 Å². The van der Waals surface area contributed by atoms with E-state index in [2.05, 4.69) is 29.4 Å². The number of aryl methyl sites for hydroxylation is 1. The van der Waals surface area contributed by atoms with Crippen LogP contribution in [-0.4, -0.2) is 18.1 Å². The molecule has 0 aliphatic carbocycles. The lowest BCUT2D eigenvalue weighted by atomic mass is 9.93. The second-order valence-electron chi connectivity index (χ2n) is 3.97. The van der Waals surface area contributed by atoms with Crippen molar-refractivity contribution in [3.63, 3.8) is 0 Å². The maximum absolute atomic E-state index is 4.48. The minimum absolute atomic E-state index is 0.683. The predicted octanol–water partition coefficient (Wildman–Crippen LogP) is 2.11. The molecule has 1 fully saturated rings. The standard InChI is InChI=1S/C12H18N2/c1-2-10-3-8-14-12(9-10)11-4-6-13-7-5-11/h3,8-9,11,13H,2,4-7H2,1H3. The van der Waals surface area contributed by atoms with E-state index >= 15 is 0 Å². The van der Waals surface area contributed by atoms with Crippen molar-refractivity contribution in [2.45, 2.75) is 32.1 Å². The highest BCUT2D eigenvalue weighted by molar-refractivity contribution is 5.19. The number of piperidine rings is 1. The van der Waals surface area contributed by atoms with Gasteiger partial charge in [-0.3, -0.25) is 4.98 Å². The minimum atomic E-state index is 0.683. The van der Waals surface area contributed by atoms with Crippen LogP contribution in [0.5, 0.6) is 0 Å². The molecule has 1 aliphatic heterocycles. The lowest BCUT2D eigenvalue weighted by Gasteiger charge is -2.22. The van der Waals surface area contributed by atoms with Crippen molar-refractivity contribution in [2.75, 3.05) is 13.1 Å². The Bertz CT molecular complexity index is 290. The highest BCUT2D eigenvalue weighted by Gasteiger charge is 2.15. The number of hydrogen-bond donors (Lipinski definition) is 1. The molecule has 0 spiro atoms. The molecule has 0 aromatic carbocycles. The molecule has 1 saturated heterocycles. The summed E-state index contributed by atoms with van der Waals surface area (Å²) >= 11 is 0. The van der Waals surface area contributed by atoms with Gasteiger partial charge in [0.2, 0.25) is 0 Å². The van der Waals surface area contributed by atoms with Crippen molar-refractivity contribution < 1.29 is 0 Å². The van der Waals surface area contributed by atoms with E-state index in [9.17, 15) is 0 Å². The quantitative estimate of drug-likeness (QED) is 0.772. The summed E-state index contributed by atoms with van der Waals surface area (Å²) in [4.78, 5) is 4.48. The average molecular weight is 190 g/mol. The first-order valence-electron chi connectivity index (χ1n) is 5.55. The Kier molecular flexibility index (Phi) is 3.14. The number of rotatable bonds is 2. The highest BCUT2D eigenvalue weighted by Crippen LogP contribution is 2.23. The van der Waals surface area contributed by atoms with Crippen LogP contribution in [0.2, 0.25) is 0 Å². The molecule has 14 heavy (non-hydrogen) atoms. The summed E-state index contributed by atoms with van der Waals surface area (Å²) in [7, 11) is 0. The molecule has 0 unspecified atom stereocenters. The first-order valence-corrected chi connectivity index (χ1v) is 5.55. The molecule has 0 saturated carbocycles. The van der Waals surface area contributed by atoms with Crippen LogP contribution >= 0.6 is 0 Å². The molecule has 0 bridgehead atoms. The molecule has 1 aromatic rings. The second-order valence-corrected chi connectivity index (χ2v) is 3.97. The zero-order chi connectivity index (χ0) is 9.80. The van der Waals surface area contributed by atoms with Crippen molar-refractivity contribution in [3.05, 3.63) is 29.6 Å². The van der Waals surface area contributed by atoms with Gasteiger partial charge in [0.1, 0.15) is 0 Å². The third kappa shape index (κ3) is 2.13. The summed E-state index contributed by atoms with van der Waals surface area (Å²) in [6, 6.07) is 4.39. The number of nitrogens with one attached hydrogen (secondary N) is 1. The van der Waals surface area contributed by atoms with Gasteiger partial charge in [-0.15, -0.1) is 0 Å². The SMILES string of the molecule is CCc1ccnc(C2CCNCC2)c1. The molecule has 0 radical (unpaired) electrons. The molecule has 76 valence electrons. The van der Waals surface area contributed by atoms with Crippen LogP contribution in [0.25, 0.3) is 0 Å². The molecule has 1 aliphatic rings. The van der Waals surface area contributed by atoms with E-state index in [0.717, 1.165) is 19.5 Å². The van der Waals surface area contributed by atoms with Gasteiger partial charge in [-0.25, -0.2) is 0 Å². The van der Waals surface area contributed by atoms with Crippen molar-refractivity contribution >= 4 is 0 Å². The van der Waals surface area contributed by atoms with Gasteiger partial charge < -0.3 is 5.32 Å². The van der Waals surface area contributed by atoms with Crippen LogP contribution < -0.4 is 5.32 Å². The molecule has 2 rings (SSSR count). The molecule has 0 amide bonds. The van der Waals surface area contributed by atoms with Gasteiger partial charge in [-0.05, 0) is 50.0 Å². The number of hydrogen-bond acceptors (Lipinski definition) is 2. The van der Waals surface area contributed by atoms with Gasteiger partial charge in [0.05, 0.1) is 0 Å². The molecule has 2 heterocycles. The van der Waals surface area contributed by atoms with Crippen LogP contribution in [0.4, 0.5) is 0 Å². The summed E-state index contributed by atoms with van der Waals surface area (Å²) in [5.41, 5.74) is 2.71. The zero-order valence-electron chi connectivity index (χ0n) is 8.79. The fourth-order valence-electron chi connectivity index (χ4n) is 2.06. The summed E-state index contributed by atoms with van der Waals surface area (Å²) in [5, 5.41) is 3.39. The molecule has 0 atom stereocenters. The van der Waals surface area contributed by atoms with Crippen molar-refractivity contribution in [1.29, 1.82) is 0 Å². The Labute approximate surface area is 85.7 Å². The van der Waals surface area contributed by atoms with E-state index in [-0.39, 0.29) is 0 Å². The van der Waals surface area contributed by atoms with Crippen molar-refractivity contribution in [2.24, 2.45) is 0 Å². The van der Waals surface area contributed by atoms with Crippen LogP contribution in [-0.2, 0) is 6.42 Å². The lowest BCUT2D eigenvalue weighted by molar-refractivity contribution is 0.453. The van der Waals surface area contributed by atoms with Gasteiger partial charge in [-0.2, -0.15) is 0 Å². The summed E-state index contributed by atoms with van der Waals surface area (Å²) in [6.07, 6.45) is 5.54. The van der Waals surface area contributed by atoms with Crippen LogP contribution in [0, 0.1) is 0 Å². The summed E-state index contributed by atoms with van der Waals surface area (Å²) in [5.74, 6) is 0.683. The maximum atomic E-state index is 4.48. The van der Waals surface area contributed by atoms with E-state index in [0.29, 0.717) is 5.92 Å². The minimum Gasteiger partial charge on any atom is -0.317 e. The Morgan fingerprint density at radius 3 is 2.93 bits per heavy atom. The number of nitrogens with zero attached hydrogens (tertiary/aromatic N) is 1. The highest BCUT2D eigenvalue weighted by atomic mass is 14.9. The number of pyridine rings is 1. The zero-order valence-corrected chi connectivity index (χ0v) is 8.79. The maximum Gasteiger partial charge on any atom is 0.0438 e. The van der Waals surface area contributed by atoms with Crippen LogP contribution in [0.15, 0.2) is 18.3 Å². The molecule has 2 heteroatoms. The number of aromatic nitrogens is 1. The Morgan fingerprint density at radius 1 is 1.43 bits per heavy atom. The lowest BCUT2D eigenvalue weighted by Crippen LogP contribution is -2.27. The van der Waals surface area contributed by atoms with Crippen LogP contribution in [0.3, 0.4) is 0 Å². The molecular weight excluding hydrogens is 172 g/mol. The Morgan fingerprint density at radius 2 is 2.21 bits per heavy atom. The van der Waals surface area contributed by atoms with Gasteiger partial charge >= 0.3 is 0 Å². The largest absolute Gasteiger partial charge is 0.317 e. The van der Waals surface area contributed by atoms with Gasteiger partial charge in [0, 0.05) is 17.8 Å². The molecule has 1 N–H and O–H groups in total. The van der Waals surface area contributed by atoms with E-state index in [1.54, 1.807) is 0 Å². The van der Waals surface area contributed by atoms with E-state index < -0.39 is 0 Å². The first-order chi connectivity index (χ1) is 6.90. The van der Waals surface area contributed by atoms with E-state index in [1.807, 2.05) is 6.20 Å². The average Bonchev–Trinajstić information content (AvgIpc) is 2.30. The fraction of sp³-hybridized carbons (Fsp3) is 0.583. The van der Waals surface area contributed by atoms with Crippen LogP contribution in [0.1, 0.15) is 36.9 Å². The predicted molar refractivity (Wildman–Crippen MR) is 58.5 cm³/mol. The smallest absolute Gasteiger partial charge is 0.0438 e. The summed E-state index contributed by atoms with van der Waals surface area (Å²) < 4.78 is 0. The van der Waals surface area contributed by atoms with Gasteiger partial charge in [0.25, 0.3) is 0 Å². The summed E-state index contributed by atoms with van der Waals surface area (Å²) in [6.45, 7) is 4.48. The Balaban J connectivity index is 2.13. The fourth-order valence-corrected chi connectivity index (χ4v) is 2.06. The monoisotopic (exact) mass is 190 g/mol. The second kappa shape index (κ2) is 4.56. The van der Waals surface area contributed by atoms with E-state index in [4.69, 9.17) is 0 Å². The normalized spacial score (nSPS) is 18.4. The topological polar surface area (TPSA) is 24.9 Å². The van der Waals surface area contributed by atoms with Crippen molar-refractivity contribution in [3.8, 4) is 0 Å².